The van der Waals surface area contributed by atoms with Crippen LogP contribution in [-0.4, -0.2) is 41.9 Å². The number of carbonyl (C=O) groups excluding carboxylic acids is 1. The quantitative estimate of drug-likeness (QED) is 0.400. The van der Waals surface area contributed by atoms with Crippen LogP contribution < -0.4 is 10.1 Å². The van der Waals surface area contributed by atoms with Crippen LogP contribution in [0.25, 0.3) is 5.00 Å². The number of hydrogen-bond donors (Lipinski definition) is 1. The summed E-state index contributed by atoms with van der Waals surface area (Å²) in [4.78, 5) is 17.3. The predicted octanol–water partition coefficient (Wildman–Crippen LogP) is 5.86. The molecule has 2 aliphatic rings. The molecule has 6 nitrogen and oxygen atoms in total. The molecular formula is C28H35N3O3S. The molecule has 0 saturated heterocycles. The second kappa shape index (κ2) is 10.9. The van der Waals surface area contributed by atoms with E-state index in [2.05, 4.69) is 40.3 Å². The molecule has 3 aromatic rings. The summed E-state index contributed by atoms with van der Waals surface area (Å²) in [5, 5.41) is 4.45. The normalized spacial score (nSPS) is 16.7. The van der Waals surface area contributed by atoms with Gasteiger partial charge in [0.15, 0.2) is 0 Å². The molecule has 0 radical (unpaired) electrons. The number of fused-ring (bicyclic) bond motifs is 5. The van der Waals surface area contributed by atoms with E-state index >= 15 is 0 Å². The fraction of sp³-hybridized carbons (Fsp3) is 0.464. The van der Waals surface area contributed by atoms with Crippen molar-refractivity contribution in [2.45, 2.75) is 58.5 Å². The highest BCUT2D eigenvalue weighted by atomic mass is 32.1. The van der Waals surface area contributed by atoms with Crippen LogP contribution in [0.3, 0.4) is 0 Å². The number of rotatable bonds is 8. The molecule has 0 bridgehead atoms. The third kappa shape index (κ3) is 4.84. The van der Waals surface area contributed by atoms with Gasteiger partial charge in [0.2, 0.25) is 0 Å². The number of carbonyl (C=O) groups is 1. The number of amides is 2. The van der Waals surface area contributed by atoms with Crippen LogP contribution in [0.4, 0.5) is 4.79 Å². The monoisotopic (exact) mass is 493 g/mol. The summed E-state index contributed by atoms with van der Waals surface area (Å²) in [7, 11) is 0. The molecular weight excluding hydrogens is 458 g/mol. The Labute approximate surface area is 211 Å². The van der Waals surface area contributed by atoms with Crippen molar-refractivity contribution >= 4 is 17.4 Å². The van der Waals surface area contributed by atoms with Crippen molar-refractivity contribution in [3.05, 3.63) is 69.9 Å². The Morgan fingerprint density at radius 2 is 2.00 bits per heavy atom. The Bertz CT molecular complexity index is 1170. The Morgan fingerprint density at radius 3 is 2.86 bits per heavy atom. The second-order valence-corrected chi connectivity index (χ2v) is 10.2. The highest BCUT2D eigenvalue weighted by Crippen LogP contribution is 2.44. The summed E-state index contributed by atoms with van der Waals surface area (Å²) in [5.41, 5.74) is 4.95. The van der Waals surface area contributed by atoms with Gasteiger partial charge in [0, 0.05) is 36.4 Å². The van der Waals surface area contributed by atoms with E-state index in [1.54, 1.807) is 0 Å². The molecule has 3 heterocycles. The largest absolute Gasteiger partial charge is 0.494 e. The number of nitrogens with zero attached hydrogens (tertiary/aromatic N) is 2. The predicted molar refractivity (Wildman–Crippen MR) is 140 cm³/mol. The van der Waals surface area contributed by atoms with Crippen LogP contribution in [-0.2, 0) is 24.1 Å². The summed E-state index contributed by atoms with van der Waals surface area (Å²) in [6, 6.07) is 12.2. The van der Waals surface area contributed by atoms with Gasteiger partial charge in [0.25, 0.3) is 0 Å². The molecule has 186 valence electrons. The van der Waals surface area contributed by atoms with Crippen molar-refractivity contribution in [2.24, 2.45) is 0 Å². The fourth-order valence-corrected chi connectivity index (χ4v) is 6.70. The van der Waals surface area contributed by atoms with Gasteiger partial charge in [-0.05, 0) is 81.3 Å². The maximum atomic E-state index is 13.7. The van der Waals surface area contributed by atoms with Crippen molar-refractivity contribution in [3.8, 4) is 10.8 Å². The summed E-state index contributed by atoms with van der Waals surface area (Å²) >= 11 is 1.91. The zero-order valence-electron chi connectivity index (χ0n) is 20.7. The Kier molecular flexibility index (Phi) is 7.44. The first kappa shape index (κ1) is 23.9. The maximum Gasteiger partial charge on any atom is 0.318 e. The lowest BCUT2D eigenvalue weighted by atomic mass is 9.95. The molecule has 7 heteroatoms. The number of aromatic nitrogens is 1. The Hall–Kier alpha value is -2.77. The number of ether oxygens (including phenoxy) is 2. The number of urea groups is 1. The van der Waals surface area contributed by atoms with E-state index in [0.717, 1.165) is 36.3 Å². The lowest BCUT2D eigenvalue weighted by Gasteiger charge is -2.31. The van der Waals surface area contributed by atoms with Crippen LogP contribution in [0.15, 0.2) is 42.6 Å². The van der Waals surface area contributed by atoms with Gasteiger partial charge in [0.05, 0.1) is 24.9 Å². The highest BCUT2D eigenvalue weighted by molar-refractivity contribution is 7.15. The van der Waals surface area contributed by atoms with Gasteiger partial charge in [-0.2, -0.15) is 0 Å². The smallest absolute Gasteiger partial charge is 0.318 e. The van der Waals surface area contributed by atoms with Crippen LogP contribution in [0.2, 0.25) is 0 Å². The zero-order chi connectivity index (χ0) is 24.2. The van der Waals surface area contributed by atoms with Crippen molar-refractivity contribution in [1.29, 1.82) is 0 Å². The summed E-state index contributed by atoms with van der Waals surface area (Å²) in [6.07, 6.45) is 7.67. The van der Waals surface area contributed by atoms with Crippen LogP contribution in [0, 0.1) is 0 Å². The molecule has 0 unspecified atom stereocenters. The third-order valence-electron chi connectivity index (χ3n) is 6.87. The van der Waals surface area contributed by atoms with Crippen molar-refractivity contribution < 1.29 is 14.3 Å². The summed E-state index contributed by atoms with van der Waals surface area (Å²) < 4.78 is 13.6. The van der Waals surface area contributed by atoms with Gasteiger partial charge in [-0.15, -0.1) is 11.3 Å². The minimum atomic E-state index is -0.212. The van der Waals surface area contributed by atoms with Gasteiger partial charge in [-0.1, -0.05) is 12.1 Å². The van der Waals surface area contributed by atoms with Gasteiger partial charge < -0.3 is 24.3 Å². The Morgan fingerprint density at radius 1 is 1.11 bits per heavy atom. The molecule has 1 atom stereocenters. The first-order valence-corrected chi connectivity index (χ1v) is 13.7. The molecule has 0 fully saturated rings. The molecule has 1 aliphatic heterocycles. The van der Waals surface area contributed by atoms with E-state index < -0.39 is 0 Å². The number of benzene rings is 1. The molecule has 0 spiro atoms. The van der Waals surface area contributed by atoms with Crippen LogP contribution in [0.5, 0.6) is 5.75 Å². The molecule has 2 amide bonds. The minimum Gasteiger partial charge on any atom is -0.494 e. The molecule has 2 aromatic heterocycles. The van der Waals surface area contributed by atoms with E-state index in [-0.39, 0.29) is 12.1 Å². The number of nitrogens with one attached hydrogen (secondary N) is 1. The topological polar surface area (TPSA) is 55.7 Å². The SMILES string of the molecule is CCOCCCNC(=O)N1Cc2c(sc3c2CCCC3)-n2cccc2[C@@H]1c1cccc(OCC)c1. The lowest BCUT2D eigenvalue weighted by Crippen LogP contribution is -2.42. The van der Waals surface area contributed by atoms with Crippen molar-refractivity contribution in [1.82, 2.24) is 14.8 Å². The average Bonchev–Trinajstić information content (AvgIpc) is 3.46. The lowest BCUT2D eigenvalue weighted by molar-refractivity contribution is 0.143. The molecule has 5 rings (SSSR count). The van der Waals surface area contributed by atoms with E-state index in [0.29, 0.717) is 32.9 Å². The van der Waals surface area contributed by atoms with Crippen molar-refractivity contribution in [3.63, 3.8) is 0 Å². The van der Waals surface area contributed by atoms with Gasteiger partial charge in [-0.3, -0.25) is 0 Å². The summed E-state index contributed by atoms with van der Waals surface area (Å²) in [6.45, 7) is 7.14. The molecule has 1 aliphatic carbocycles. The molecule has 0 saturated carbocycles. The third-order valence-corrected chi connectivity index (χ3v) is 8.20. The van der Waals surface area contributed by atoms with Gasteiger partial charge in [-0.25, -0.2) is 4.79 Å². The van der Waals surface area contributed by atoms with E-state index in [1.807, 2.05) is 42.2 Å². The maximum absolute atomic E-state index is 13.7. The van der Waals surface area contributed by atoms with Crippen LogP contribution >= 0.6 is 11.3 Å². The van der Waals surface area contributed by atoms with E-state index in [9.17, 15) is 4.79 Å². The molecule has 1 aromatic carbocycles. The standard InChI is InChI=1S/C28H35N3O3S/c1-3-33-17-9-15-29-28(32)31-19-23-22-12-5-6-14-25(22)35-27(23)30-16-8-13-24(30)26(31)20-10-7-11-21(18-20)34-4-2/h7-8,10-11,13,16,18,26H,3-6,9,12,14-15,17,19H2,1-2H3,(H,29,32)/t26-/m0/s1. The second-order valence-electron chi connectivity index (χ2n) is 9.12. The molecule has 1 N–H and O–H groups in total. The number of thiophene rings is 1. The summed E-state index contributed by atoms with van der Waals surface area (Å²) in [5.74, 6) is 0.830. The highest BCUT2D eigenvalue weighted by Gasteiger charge is 2.36. The minimum absolute atomic E-state index is 0.0373. The average molecular weight is 494 g/mol. The van der Waals surface area contributed by atoms with Gasteiger partial charge >= 0.3 is 6.03 Å². The van der Waals surface area contributed by atoms with Gasteiger partial charge in [0.1, 0.15) is 10.8 Å². The molecule has 35 heavy (non-hydrogen) atoms. The zero-order valence-corrected chi connectivity index (χ0v) is 21.5. The van der Waals surface area contributed by atoms with E-state index in [4.69, 9.17) is 9.47 Å². The fourth-order valence-electron chi connectivity index (χ4n) is 5.29. The van der Waals surface area contributed by atoms with E-state index in [1.165, 1.54) is 33.8 Å². The number of aryl methyl sites for hydroxylation is 1. The number of hydrogen-bond acceptors (Lipinski definition) is 4. The van der Waals surface area contributed by atoms with Crippen molar-refractivity contribution in [2.75, 3.05) is 26.4 Å². The Balaban J connectivity index is 1.55. The first-order chi connectivity index (χ1) is 17.2. The van der Waals surface area contributed by atoms with Crippen LogP contribution in [0.1, 0.15) is 66.4 Å². The first-order valence-electron chi connectivity index (χ1n) is 12.9.